The van der Waals surface area contributed by atoms with Crippen LogP contribution in [-0.2, 0) is 11.3 Å². The summed E-state index contributed by atoms with van der Waals surface area (Å²) < 4.78 is 10.4. The van der Waals surface area contributed by atoms with E-state index in [-0.39, 0.29) is 0 Å². The first-order valence-electron chi connectivity index (χ1n) is 5.82. The lowest BCUT2D eigenvalue weighted by Crippen LogP contribution is -2.34. The van der Waals surface area contributed by atoms with Gasteiger partial charge in [0, 0.05) is 19.6 Å². The summed E-state index contributed by atoms with van der Waals surface area (Å²) in [6.45, 7) is 3.09. The third-order valence-corrected chi connectivity index (χ3v) is 2.25. The number of nitrogens with one attached hydrogen (secondary N) is 1. The summed E-state index contributed by atoms with van der Waals surface area (Å²) in [4.78, 5) is 2.09. The summed E-state index contributed by atoms with van der Waals surface area (Å²) >= 11 is 0. The fourth-order valence-electron chi connectivity index (χ4n) is 1.32. The van der Waals surface area contributed by atoms with Crippen LogP contribution in [0.3, 0.4) is 0 Å². The summed E-state index contributed by atoms with van der Waals surface area (Å²) in [5, 5.41) is 12.8. The van der Waals surface area contributed by atoms with E-state index in [0.717, 1.165) is 18.8 Å². The van der Waals surface area contributed by atoms with Crippen molar-refractivity contribution in [2.24, 2.45) is 0 Å². The molecule has 0 saturated carbocycles. The van der Waals surface area contributed by atoms with E-state index >= 15 is 0 Å². The molecule has 5 heteroatoms. The first kappa shape index (κ1) is 14.2. The van der Waals surface area contributed by atoms with Crippen molar-refractivity contribution in [3.63, 3.8) is 0 Å². The van der Waals surface area contributed by atoms with Gasteiger partial charge in [-0.1, -0.05) is 0 Å². The van der Waals surface area contributed by atoms with Crippen molar-refractivity contribution in [2.75, 3.05) is 40.3 Å². The van der Waals surface area contributed by atoms with E-state index in [0.29, 0.717) is 19.8 Å². The van der Waals surface area contributed by atoms with Crippen molar-refractivity contribution < 1.29 is 14.3 Å². The minimum atomic E-state index is -0.480. The zero-order valence-electron chi connectivity index (χ0n) is 10.6. The summed E-state index contributed by atoms with van der Waals surface area (Å²) in [6, 6.07) is 3.67. The van der Waals surface area contributed by atoms with E-state index < -0.39 is 6.10 Å². The maximum atomic E-state index is 9.61. The van der Waals surface area contributed by atoms with Gasteiger partial charge in [-0.25, -0.2) is 0 Å². The molecule has 17 heavy (non-hydrogen) atoms. The predicted octanol–water partition coefficient (Wildman–Crippen LogP) is 0.308. The van der Waals surface area contributed by atoms with Gasteiger partial charge in [0.1, 0.15) is 12.4 Å². The summed E-state index contributed by atoms with van der Waals surface area (Å²) in [7, 11) is 4.04. The Hall–Kier alpha value is -0.880. The molecule has 0 aliphatic heterocycles. The molecule has 0 bridgehead atoms. The van der Waals surface area contributed by atoms with Crippen molar-refractivity contribution >= 4 is 0 Å². The van der Waals surface area contributed by atoms with Crippen LogP contribution in [0.25, 0.3) is 0 Å². The van der Waals surface area contributed by atoms with Gasteiger partial charge in [0.25, 0.3) is 0 Å². The minimum Gasteiger partial charge on any atom is -0.467 e. The fourth-order valence-corrected chi connectivity index (χ4v) is 1.32. The second-order valence-electron chi connectivity index (χ2n) is 4.26. The predicted molar refractivity (Wildman–Crippen MR) is 65.8 cm³/mol. The maximum absolute atomic E-state index is 9.61. The second kappa shape index (κ2) is 8.25. The van der Waals surface area contributed by atoms with Crippen LogP contribution in [0.1, 0.15) is 5.76 Å². The molecule has 2 N–H and O–H groups in total. The first-order valence-corrected chi connectivity index (χ1v) is 5.82. The molecule has 1 heterocycles. The molecule has 0 spiro atoms. The normalized spacial score (nSPS) is 13.2. The van der Waals surface area contributed by atoms with Gasteiger partial charge < -0.3 is 24.5 Å². The molecule has 1 aromatic heterocycles. The van der Waals surface area contributed by atoms with Gasteiger partial charge in [-0.2, -0.15) is 0 Å². The number of rotatable bonds is 9. The Kier molecular flexibility index (Phi) is 6.88. The van der Waals surface area contributed by atoms with Crippen LogP contribution >= 0.6 is 0 Å². The smallest absolute Gasteiger partial charge is 0.129 e. The van der Waals surface area contributed by atoms with Crippen molar-refractivity contribution in [1.82, 2.24) is 10.2 Å². The molecule has 5 nitrogen and oxygen atoms in total. The zero-order valence-corrected chi connectivity index (χ0v) is 10.6. The maximum Gasteiger partial charge on any atom is 0.129 e. The molecule has 0 fully saturated rings. The number of aliphatic hydroxyl groups is 1. The fraction of sp³-hybridized carbons (Fsp3) is 0.667. The van der Waals surface area contributed by atoms with Crippen LogP contribution in [0.15, 0.2) is 22.8 Å². The Morgan fingerprint density at radius 3 is 3.00 bits per heavy atom. The molecule has 0 aromatic carbocycles. The third-order valence-electron chi connectivity index (χ3n) is 2.25. The molecule has 98 valence electrons. The second-order valence-corrected chi connectivity index (χ2v) is 4.26. The average molecular weight is 242 g/mol. The van der Waals surface area contributed by atoms with Crippen LogP contribution in [-0.4, -0.2) is 56.4 Å². The molecule has 0 amide bonds. The Morgan fingerprint density at radius 2 is 2.35 bits per heavy atom. The highest BCUT2D eigenvalue weighted by Gasteiger charge is 2.04. The molecule has 0 radical (unpaired) electrons. The van der Waals surface area contributed by atoms with E-state index in [1.165, 1.54) is 0 Å². The zero-order chi connectivity index (χ0) is 12.5. The van der Waals surface area contributed by atoms with Gasteiger partial charge >= 0.3 is 0 Å². The highest BCUT2D eigenvalue weighted by Crippen LogP contribution is 2.01. The van der Waals surface area contributed by atoms with Gasteiger partial charge in [-0.15, -0.1) is 0 Å². The summed E-state index contributed by atoms with van der Waals surface area (Å²) in [6.07, 6.45) is 1.13. The van der Waals surface area contributed by atoms with Crippen LogP contribution in [0, 0.1) is 0 Å². The molecule has 1 unspecified atom stereocenters. The van der Waals surface area contributed by atoms with E-state index in [4.69, 9.17) is 9.15 Å². The quantitative estimate of drug-likeness (QED) is 0.610. The highest BCUT2D eigenvalue weighted by atomic mass is 16.5. The summed E-state index contributed by atoms with van der Waals surface area (Å²) in [5.74, 6) is 0.776. The number of hydrogen-bond donors (Lipinski definition) is 2. The van der Waals surface area contributed by atoms with Crippen molar-refractivity contribution in [2.45, 2.75) is 12.7 Å². The van der Waals surface area contributed by atoms with Gasteiger partial charge in [0.2, 0.25) is 0 Å². The molecule has 0 aliphatic rings. The van der Waals surface area contributed by atoms with E-state index in [1.807, 2.05) is 26.2 Å². The van der Waals surface area contributed by atoms with Gasteiger partial charge in [-0.3, -0.25) is 0 Å². The number of nitrogens with zero attached hydrogens (tertiary/aromatic N) is 1. The Bertz CT molecular complexity index is 275. The van der Waals surface area contributed by atoms with Crippen molar-refractivity contribution in [1.29, 1.82) is 0 Å². The van der Waals surface area contributed by atoms with Gasteiger partial charge in [0.15, 0.2) is 0 Å². The molecule has 0 aliphatic carbocycles. The molecule has 0 saturated heterocycles. The largest absolute Gasteiger partial charge is 0.467 e. The summed E-state index contributed by atoms with van der Waals surface area (Å²) in [5.41, 5.74) is 0. The van der Waals surface area contributed by atoms with Gasteiger partial charge in [0.05, 0.1) is 19.0 Å². The number of furan rings is 1. The van der Waals surface area contributed by atoms with Crippen LogP contribution in [0.2, 0.25) is 0 Å². The molecule has 1 aromatic rings. The SMILES string of the molecule is CN(C)CCNCC(O)COCc1ccco1. The number of ether oxygens (including phenoxy) is 1. The Labute approximate surface area is 102 Å². The number of aliphatic hydroxyl groups excluding tert-OH is 1. The molecular formula is C12H22N2O3. The average Bonchev–Trinajstić information content (AvgIpc) is 2.77. The lowest BCUT2D eigenvalue weighted by Gasteiger charge is -2.13. The number of likely N-dealkylation sites (N-methyl/N-ethyl adjacent to an activating group) is 1. The van der Waals surface area contributed by atoms with E-state index in [9.17, 15) is 5.11 Å². The van der Waals surface area contributed by atoms with Gasteiger partial charge in [-0.05, 0) is 26.2 Å². The van der Waals surface area contributed by atoms with E-state index in [1.54, 1.807) is 6.26 Å². The monoisotopic (exact) mass is 242 g/mol. The lowest BCUT2D eigenvalue weighted by atomic mass is 10.3. The highest BCUT2D eigenvalue weighted by molar-refractivity contribution is 4.96. The standard InChI is InChI=1S/C12H22N2O3/c1-14(2)6-5-13-8-11(15)9-16-10-12-4-3-7-17-12/h3-4,7,11,13,15H,5-6,8-10H2,1-2H3. The first-order chi connectivity index (χ1) is 8.18. The van der Waals surface area contributed by atoms with Crippen LogP contribution in [0.4, 0.5) is 0 Å². The van der Waals surface area contributed by atoms with Crippen molar-refractivity contribution in [3.8, 4) is 0 Å². The molecule has 1 rings (SSSR count). The Morgan fingerprint density at radius 1 is 1.53 bits per heavy atom. The van der Waals surface area contributed by atoms with E-state index in [2.05, 4.69) is 10.2 Å². The number of hydrogen-bond acceptors (Lipinski definition) is 5. The van der Waals surface area contributed by atoms with Crippen molar-refractivity contribution in [3.05, 3.63) is 24.2 Å². The third kappa shape index (κ3) is 7.12. The molecular weight excluding hydrogens is 220 g/mol. The topological polar surface area (TPSA) is 57.9 Å². The Balaban J connectivity index is 1.96. The van der Waals surface area contributed by atoms with Crippen LogP contribution in [0.5, 0.6) is 0 Å². The molecule has 1 atom stereocenters. The minimum absolute atomic E-state index is 0.315. The lowest BCUT2D eigenvalue weighted by molar-refractivity contribution is 0.0226. The van der Waals surface area contributed by atoms with Crippen LogP contribution < -0.4 is 5.32 Å².